The van der Waals surface area contributed by atoms with Crippen LogP contribution in [0.1, 0.15) is 0 Å². The van der Waals surface area contributed by atoms with Crippen molar-refractivity contribution >= 4 is 22.1 Å². The summed E-state index contributed by atoms with van der Waals surface area (Å²) in [4.78, 5) is 9.74. The molecule has 0 unspecified atom stereocenters. The molecule has 134 valence electrons. The number of nitrogens with zero attached hydrogens (tertiary/aromatic N) is 2. The average Bonchev–Trinajstić information content (AvgIpc) is 2.75. The SMILES string of the molecule is c1ccc(-c2cc3nc4ccccc4nc3cc(-c3ccccc3)[nH][nH]2)cc1. The van der Waals surface area contributed by atoms with Crippen molar-refractivity contribution in [3.8, 4) is 22.5 Å². The van der Waals surface area contributed by atoms with Gasteiger partial charge in [0.15, 0.2) is 0 Å². The van der Waals surface area contributed by atoms with Crippen molar-refractivity contribution in [3.05, 3.63) is 97.1 Å². The Morgan fingerprint density at radius 3 is 1.25 bits per heavy atom. The van der Waals surface area contributed by atoms with E-state index in [4.69, 9.17) is 9.97 Å². The highest BCUT2D eigenvalue weighted by molar-refractivity contribution is 5.88. The number of nitrogens with one attached hydrogen (secondary N) is 2. The molecule has 0 amide bonds. The third-order valence-corrected chi connectivity index (χ3v) is 4.69. The minimum atomic E-state index is 0.833. The third-order valence-electron chi connectivity index (χ3n) is 4.69. The molecule has 0 atom stereocenters. The first-order chi connectivity index (χ1) is 13.9. The van der Waals surface area contributed by atoms with Crippen LogP contribution in [0.5, 0.6) is 0 Å². The molecule has 0 bridgehead atoms. The number of hydrogen-bond donors (Lipinski definition) is 2. The fraction of sp³-hybridized carbons (Fsp3) is 0. The largest absolute Gasteiger partial charge is 0.300 e. The van der Waals surface area contributed by atoms with Crippen LogP contribution in [0.3, 0.4) is 0 Å². The van der Waals surface area contributed by atoms with Crippen LogP contribution in [-0.4, -0.2) is 20.2 Å². The molecule has 4 nitrogen and oxygen atoms in total. The highest BCUT2D eigenvalue weighted by atomic mass is 15.1. The molecular weight excluding hydrogens is 344 g/mol. The van der Waals surface area contributed by atoms with E-state index in [0.29, 0.717) is 0 Å². The number of aromatic nitrogens is 4. The molecule has 4 heteroatoms. The van der Waals surface area contributed by atoms with Crippen LogP contribution in [-0.2, 0) is 0 Å². The minimum Gasteiger partial charge on any atom is -0.300 e. The Bertz CT molecular complexity index is 1200. The van der Waals surface area contributed by atoms with Gasteiger partial charge in [0.2, 0.25) is 0 Å². The van der Waals surface area contributed by atoms with E-state index in [0.717, 1.165) is 44.6 Å². The van der Waals surface area contributed by atoms with E-state index >= 15 is 0 Å². The van der Waals surface area contributed by atoms with E-state index in [1.54, 1.807) is 0 Å². The second kappa shape index (κ2) is 7.00. The molecule has 0 radical (unpaired) electrons. The van der Waals surface area contributed by atoms with E-state index in [9.17, 15) is 0 Å². The van der Waals surface area contributed by atoms with Crippen LogP contribution >= 0.6 is 0 Å². The van der Waals surface area contributed by atoms with E-state index in [1.807, 2.05) is 72.8 Å². The number of benzene rings is 3. The predicted octanol–water partition coefficient (Wildman–Crippen LogP) is 5.90. The zero-order chi connectivity index (χ0) is 18.8. The molecule has 0 saturated heterocycles. The highest BCUT2D eigenvalue weighted by Gasteiger charge is 2.05. The zero-order valence-corrected chi connectivity index (χ0v) is 15.1. The maximum absolute atomic E-state index is 4.87. The molecule has 28 heavy (non-hydrogen) atoms. The Balaban J connectivity index is 1.87. The Hall–Kier alpha value is -3.92. The zero-order valence-electron chi connectivity index (χ0n) is 15.1. The molecule has 5 aromatic rings. The summed E-state index contributed by atoms with van der Waals surface area (Å²) in [5.41, 5.74) is 7.46. The van der Waals surface area contributed by atoms with E-state index in [2.05, 4.69) is 34.5 Å². The van der Waals surface area contributed by atoms with E-state index < -0.39 is 0 Å². The molecule has 5 rings (SSSR count). The van der Waals surface area contributed by atoms with Crippen molar-refractivity contribution in [2.24, 2.45) is 0 Å². The standard InChI is InChI=1S/C24H18N4/c1-3-9-17(10-4-1)21-15-23-24(26-20-14-8-7-13-19(20)25-23)16-22(28-27-21)18-11-5-2-6-12-18/h1-16,27-28H. The lowest BCUT2D eigenvalue weighted by molar-refractivity contribution is 1.06. The lowest BCUT2D eigenvalue weighted by Crippen LogP contribution is -1.92. The molecule has 2 N–H and O–H groups in total. The van der Waals surface area contributed by atoms with Gasteiger partial charge in [0.25, 0.3) is 0 Å². The lowest BCUT2D eigenvalue weighted by atomic mass is 10.1. The van der Waals surface area contributed by atoms with Crippen LogP contribution in [0.25, 0.3) is 44.6 Å². The van der Waals surface area contributed by atoms with Gasteiger partial charge in [0.1, 0.15) is 0 Å². The lowest BCUT2D eigenvalue weighted by Gasteiger charge is -2.07. The van der Waals surface area contributed by atoms with Gasteiger partial charge in [-0.3, -0.25) is 0 Å². The number of aromatic amines is 2. The second-order valence-electron chi connectivity index (χ2n) is 6.58. The third kappa shape index (κ3) is 3.12. The molecule has 0 aliphatic heterocycles. The Morgan fingerprint density at radius 2 is 0.821 bits per heavy atom. The first kappa shape index (κ1) is 16.3. The molecule has 2 aromatic heterocycles. The molecule has 2 heterocycles. The molecule has 0 fully saturated rings. The monoisotopic (exact) mass is 362 g/mol. The maximum Gasteiger partial charge on any atom is 0.0916 e. The summed E-state index contributed by atoms with van der Waals surface area (Å²) in [5, 5.41) is 6.70. The fourth-order valence-corrected chi connectivity index (χ4v) is 3.27. The molecular formula is C24H18N4. The van der Waals surface area contributed by atoms with Crippen LogP contribution in [0, 0.1) is 0 Å². The van der Waals surface area contributed by atoms with Crippen molar-refractivity contribution in [2.75, 3.05) is 0 Å². The first-order valence-electron chi connectivity index (χ1n) is 9.20. The van der Waals surface area contributed by atoms with Crippen LogP contribution < -0.4 is 0 Å². The summed E-state index contributed by atoms with van der Waals surface area (Å²) in [5.74, 6) is 0. The van der Waals surface area contributed by atoms with Gasteiger partial charge in [0.05, 0.1) is 33.5 Å². The number of para-hydroxylation sites is 2. The number of hydrogen-bond acceptors (Lipinski definition) is 2. The van der Waals surface area contributed by atoms with Gasteiger partial charge in [-0.25, -0.2) is 9.97 Å². The van der Waals surface area contributed by atoms with E-state index in [1.165, 1.54) is 0 Å². The predicted molar refractivity (Wildman–Crippen MR) is 114 cm³/mol. The Labute approximate surface area is 162 Å². The Kier molecular flexibility index (Phi) is 4.07. The van der Waals surface area contributed by atoms with Crippen LogP contribution in [0.4, 0.5) is 0 Å². The number of fused-ring (bicyclic) bond motifs is 2. The quantitative estimate of drug-likeness (QED) is 0.411. The molecule has 0 aliphatic carbocycles. The Morgan fingerprint density at radius 1 is 0.429 bits per heavy atom. The summed E-state index contributed by atoms with van der Waals surface area (Å²) in [6.07, 6.45) is 0. The summed E-state index contributed by atoms with van der Waals surface area (Å²) >= 11 is 0. The summed E-state index contributed by atoms with van der Waals surface area (Å²) in [6, 6.07) is 32.4. The minimum absolute atomic E-state index is 0.833. The molecule has 0 saturated carbocycles. The number of H-pyrrole nitrogens is 2. The van der Waals surface area contributed by atoms with Gasteiger partial charge in [-0.15, -0.1) is 0 Å². The van der Waals surface area contributed by atoms with Gasteiger partial charge in [-0.1, -0.05) is 72.8 Å². The average molecular weight is 362 g/mol. The second-order valence-corrected chi connectivity index (χ2v) is 6.58. The van der Waals surface area contributed by atoms with Crippen molar-refractivity contribution in [3.63, 3.8) is 0 Å². The summed E-state index contributed by atoms with van der Waals surface area (Å²) in [7, 11) is 0. The van der Waals surface area contributed by atoms with Gasteiger partial charge in [0, 0.05) is 0 Å². The first-order valence-corrected chi connectivity index (χ1v) is 9.20. The van der Waals surface area contributed by atoms with Gasteiger partial charge in [-0.2, -0.15) is 0 Å². The van der Waals surface area contributed by atoms with Gasteiger partial charge < -0.3 is 10.2 Å². The van der Waals surface area contributed by atoms with Gasteiger partial charge in [-0.05, 0) is 35.4 Å². The van der Waals surface area contributed by atoms with Crippen molar-refractivity contribution in [1.29, 1.82) is 0 Å². The van der Waals surface area contributed by atoms with Crippen molar-refractivity contribution in [1.82, 2.24) is 20.2 Å². The molecule has 0 spiro atoms. The fourth-order valence-electron chi connectivity index (χ4n) is 3.27. The summed E-state index contributed by atoms with van der Waals surface area (Å²) in [6.45, 7) is 0. The normalized spacial score (nSPS) is 10.9. The van der Waals surface area contributed by atoms with Gasteiger partial charge >= 0.3 is 0 Å². The maximum atomic E-state index is 4.87. The van der Waals surface area contributed by atoms with E-state index in [-0.39, 0.29) is 0 Å². The summed E-state index contributed by atoms with van der Waals surface area (Å²) < 4.78 is 0. The smallest absolute Gasteiger partial charge is 0.0916 e. The van der Waals surface area contributed by atoms with Crippen LogP contribution in [0.2, 0.25) is 0 Å². The molecule has 3 aromatic carbocycles. The van der Waals surface area contributed by atoms with Crippen molar-refractivity contribution in [2.45, 2.75) is 0 Å². The highest BCUT2D eigenvalue weighted by Crippen LogP contribution is 2.23. The topological polar surface area (TPSA) is 57.4 Å². The van der Waals surface area contributed by atoms with Crippen molar-refractivity contribution < 1.29 is 0 Å². The number of rotatable bonds is 2. The van der Waals surface area contributed by atoms with Crippen LogP contribution in [0.15, 0.2) is 97.1 Å². The molecule has 0 aliphatic rings.